The van der Waals surface area contributed by atoms with E-state index in [1.807, 2.05) is 60.8 Å². The van der Waals surface area contributed by atoms with E-state index >= 15 is 0 Å². The Bertz CT molecular complexity index is 1330. The Kier molecular flexibility index (Phi) is 6.78. The van der Waals surface area contributed by atoms with Gasteiger partial charge < -0.3 is 9.47 Å². The van der Waals surface area contributed by atoms with Crippen molar-refractivity contribution < 1.29 is 19.2 Å². The minimum Gasteiger partial charge on any atom is -0.497 e. The van der Waals surface area contributed by atoms with Crippen molar-refractivity contribution >= 4 is 17.7 Å². The summed E-state index contributed by atoms with van der Waals surface area (Å²) in [6.07, 6.45) is 4.79. The molecule has 4 aromatic rings. The number of rotatable bonds is 8. The number of nitro groups is 1. The third-order valence-corrected chi connectivity index (χ3v) is 5.03. The Morgan fingerprint density at radius 3 is 2.53 bits per heavy atom. The van der Waals surface area contributed by atoms with Crippen LogP contribution in [0.5, 0.6) is 5.75 Å². The molecule has 0 N–H and O–H groups in total. The van der Waals surface area contributed by atoms with Gasteiger partial charge in [0.1, 0.15) is 12.4 Å². The summed E-state index contributed by atoms with van der Waals surface area (Å²) < 4.78 is 12.2. The summed E-state index contributed by atoms with van der Waals surface area (Å²) in [4.78, 5) is 22.8. The molecular formula is C26H21N3O5. The van der Waals surface area contributed by atoms with Gasteiger partial charge >= 0.3 is 5.97 Å². The van der Waals surface area contributed by atoms with Gasteiger partial charge in [-0.25, -0.2) is 9.48 Å². The highest BCUT2D eigenvalue weighted by Gasteiger charge is 2.12. The van der Waals surface area contributed by atoms with Crippen LogP contribution < -0.4 is 4.74 Å². The number of nitro benzene ring substituents is 1. The lowest BCUT2D eigenvalue weighted by Gasteiger charge is -2.03. The number of non-ortho nitro benzene ring substituents is 1. The molecule has 0 aliphatic carbocycles. The summed E-state index contributed by atoms with van der Waals surface area (Å²) in [7, 11) is 1.60. The number of carbonyl (C=O) groups excluding carboxylic acids is 1. The molecule has 0 amide bonds. The fourth-order valence-electron chi connectivity index (χ4n) is 3.32. The Morgan fingerprint density at radius 1 is 1.06 bits per heavy atom. The van der Waals surface area contributed by atoms with Crippen molar-refractivity contribution in [1.29, 1.82) is 0 Å². The highest BCUT2D eigenvalue weighted by molar-refractivity contribution is 5.88. The number of hydrogen-bond donors (Lipinski definition) is 0. The molecule has 0 unspecified atom stereocenters. The molecule has 170 valence electrons. The van der Waals surface area contributed by atoms with E-state index in [0.29, 0.717) is 11.3 Å². The van der Waals surface area contributed by atoms with Gasteiger partial charge in [0.2, 0.25) is 0 Å². The molecule has 4 rings (SSSR count). The van der Waals surface area contributed by atoms with Crippen LogP contribution in [0.3, 0.4) is 0 Å². The van der Waals surface area contributed by atoms with Crippen molar-refractivity contribution in [2.24, 2.45) is 0 Å². The molecular weight excluding hydrogens is 434 g/mol. The lowest BCUT2D eigenvalue weighted by atomic mass is 10.1. The molecule has 0 saturated heterocycles. The molecule has 0 atom stereocenters. The van der Waals surface area contributed by atoms with E-state index in [2.05, 4.69) is 0 Å². The Labute approximate surface area is 195 Å². The number of aromatic nitrogens is 2. The van der Waals surface area contributed by atoms with Crippen LogP contribution in [0.15, 0.2) is 91.1 Å². The molecule has 0 spiro atoms. The molecule has 1 aromatic heterocycles. The number of esters is 1. The predicted molar refractivity (Wildman–Crippen MR) is 127 cm³/mol. The van der Waals surface area contributed by atoms with Gasteiger partial charge in [-0.1, -0.05) is 30.3 Å². The minimum atomic E-state index is -0.570. The van der Waals surface area contributed by atoms with Gasteiger partial charge in [0.15, 0.2) is 0 Å². The van der Waals surface area contributed by atoms with Crippen LogP contribution in [0, 0.1) is 10.1 Å². The SMILES string of the molecule is COc1ccc(-c2nn(-c3ccccc3)cc2C=CC(=O)OCc2cccc([N+](=O)[O-])c2)cc1. The second-order valence-electron chi connectivity index (χ2n) is 7.31. The van der Waals surface area contributed by atoms with Gasteiger partial charge in [-0.2, -0.15) is 5.10 Å². The highest BCUT2D eigenvalue weighted by atomic mass is 16.6. The molecule has 8 nitrogen and oxygen atoms in total. The van der Waals surface area contributed by atoms with Crippen LogP contribution in [0.2, 0.25) is 0 Å². The molecule has 1 heterocycles. The zero-order chi connectivity index (χ0) is 23.9. The van der Waals surface area contributed by atoms with E-state index in [1.165, 1.54) is 18.2 Å². The number of nitrogens with zero attached hydrogens (tertiary/aromatic N) is 3. The molecule has 0 fully saturated rings. The summed E-state index contributed by atoms with van der Waals surface area (Å²) >= 11 is 0. The van der Waals surface area contributed by atoms with Crippen LogP contribution >= 0.6 is 0 Å². The molecule has 0 radical (unpaired) electrons. The van der Waals surface area contributed by atoms with E-state index in [9.17, 15) is 14.9 Å². The number of benzene rings is 3. The lowest BCUT2D eigenvalue weighted by Crippen LogP contribution is -2.01. The number of para-hydroxylation sites is 1. The standard InChI is InChI=1S/C26H21N3O5/c1-33-24-13-10-20(11-14-24)26-21(17-28(27-26)22-7-3-2-4-8-22)12-15-25(30)34-18-19-6-5-9-23(16-19)29(31)32/h2-17H,18H2,1H3. The summed E-state index contributed by atoms with van der Waals surface area (Å²) in [6, 6.07) is 23.1. The Hall–Kier alpha value is -4.72. The predicted octanol–water partition coefficient (Wildman–Crippen LogP) is 5.21. The maximum atomic E-state index is 12.3. The first-order valence-electron chi connectivity index (χ1n) is 10.4. The van der Waals surface area contributed by atoms with E-state index in [4.69, 9.17) is 14.6 Å². The third-order valence-electron chi connectivity index (χ3n) is 5.03. The fraction of sp³-hybridized carbons (Fsp3) is 0.0769. The second kappa shape index (κ2) is 10.3. The quantitative estimate of drug-likeness (QED) is 0.157. The maximum Gasteiger partial charge on any atom is 0.331 e. The van der Waals surface area contributed by atoms with Crippen molar-refractivity contribution in [2.45, 2.75) is 6.61 Å². The van der Waals surface area contributed by atoms with Crippen LogP contribution in [0.4, 0.5) is 5.69 Å². The maximum absolute atomic E-state index is 12.3. The van der Waals surface area contributed by atoms with Gasteiger partial charge in [-0.05, 0) is 48.0 Å². The number of carbonyl (C=O) groups is 1. The first kappa shape index (κ1) is 22.5. The third kappa shape index (κ3) is 5.36. The van der Waals surface area contributed by atoms with Gasteiger partial charge in [-0.3, -0.25) is 10.1 Å². The molecule has 0 aliphatic heterocycles. The molecule has 0 bridgehead atoms. The zero-order valence-electron chi connectivity index (χ0n) is 18.3. The first-order valence-corrected chi connectivity index (χ1v) is 10.4. The number of hydrogen-bond acceptors (Lipinski definition) is 6. The number of ether oxygens (including phenoxy) is 2. The largest absolute Gasteiger partial charge is 0.497 e. The molecule has 8 heteroatoms. The zero-order valence-corrected chi connectivity index (χ0v) is 18.3. The van der Waals surface area contributed by atoms with Crippen molar-refractivity contribution in [3.63, 3.8) is 0 Å². The molecule has 0 saturated carbocycles. The van der Waals surface area contributed by atoms with Crippen molar-refractivity contribution in [1.82, 2.24) is 9.78 Å². The molecule has 0 aliphatic rings. The normalized spacial score (nSPS) is 10.9. The van der Waals surface area contributed by atoms with Gasteiger partial charge in [-0.15, -0.1) is 0 Å². The molecule has 34 heavy (non-hydrogen) atoms. The Balaban J connectivity index is 1.55. The van der Waals surface area contributed by atoms with Gasteiger partial charge in [0.25, 0.3) is 5.69 Å². The average molecular weight is 455 g/mol. The summed E-state index contributed by atoms with van der Waals surface area (Å²) in [5.41, 5.74) is 3.63. The highest BCUT2D eigenvalue weighted by Crippen LogP contribution is 2.27. The Morgan fingerprint density at radius 2 is 1.82 bits per heavy atom. The van der Waals surface area contributed by atoms with Crippen molar-refractivity contribution in [2.75, 3.05) is 7.11 Å². The van der Waals surface area contributed by atoms with Crippen LogP contribution in [-0.2, 0) is 16.1 Å². The van der Waals surface area contributed by atoms with Crippen LogP contribution in [-0.4, -0.2) is 27.8 Å². The van der Waals surface area contributed by atoms with E-state index < -0.39 is 10.9 Å². The van der Waals surface area contributed by atoms with Crippen LogP contribution in [0.1, 0.15) is 11.1 Å². The van der Waals surface area contributed by atoms with E-state index in [1.54, 1.807) is 30.0 Å². The monoisotopic (exact) mass is 455 g/mol. The van der Waals surface area contributed by atoms with E-state index in [0.717, 1.165) is 22.6 Å². The summed E-state index contributed by atoms with van der Waals surface area (Å²) in [5.74, 6) is 0.160. The van der Waals surface area contributed by atoms with Gasteiger partial charge in [0.05, 0.1) is 23.4 Å². The summed E-state index contributed by atoms with van der Waals surface area (Å²) in [6.45, 7) is -0.0700. The van der Waals surface area contributed by atoms with Gasteiger partial charge in [0, 0.05) is 35.5 Å². The second-order valence-corrected chi connectivity index (χ2v) is 7.31. The first-order chi connectivity index (χ1) is 16.5. The van der Waals surface area contributed by atoms with E-state index in [-0.39, 0.29) is 12.3 Å². The molecule has 3 aromatic carbocycles. The fourth-order valence-corrected chi connectivity index (χ4v) is 3.32. The summed E-state index contributed by atoms with van der Waals surface area (Å²) in [5, 5.41) is 15.6. The topological polar surface area (TPSA) is 96.5 Å². The minimum absolute atomic E-state index is 0.0541. The van der Waals surface area contributed by atoms with Crippen molar-refractivity contribution in [3.8, 4) is 22.7 Å². The number of methoxy groups -OCH3 is 1. The van der Waals surface area contributed by atoms with Crippen LogP contribution in [0.25, 0.3) is 23.0 Å². The van der Waals surface area contributed by atoms with Crippen molar-refractivity contribution in [3.05, 3.63) is 112 Å². The smallest absolute Gasteiger partial charge is 0.331 e. The average Bonchev–Trinajstić information content (AvgIpc) is 3.31. The lowest BCUT2D eigenvalue weighted by molar-refractivity contribution is -0.384.